The van der Waals surface area contributed by atoms with Crippen molar-refractivity contribution in [2.45, 2.75) is 12.8 Å². The van der Waals surface area contributed by atoms with E-state index in [2.05, 4.69) is 14.9 Å². The molecule has 6 nitrogen and oxygen atoms in total. The number of carboxylic acid groups (broad SMARTS) is 1. The molecular formula is C8H9N3O3S. The number of rotatable bonds is 3. The molecule has 0 aliphatic heterocycles. The van der Waals surface area contributed by atoms with Crippen molar-refractivity contribution >= 4 is 29.2 Å². The van der Waals surface area contributed by atoms with Crippen molar-refractivity contribution in [2.75, 3.05) is 5.32 Å². The molecule has 0 aromatic carbocycles. The molecule has 1 amide bonds. The Morgan fingerprint density at radius 2 is 2.20 bits per heavy atom. The summed E-state index contributed by atoms with van der Waals surface area (Å²) in [5.74, 6) is -1.76. The van der Waals surface area contributed by atoms with Gasteiger partial charge in [-0.1, -0.05) is 4.49 Å². The molecule has 1 aromatic rings. The molecule has 2 unspecified atom stereocenters. The normalized spacial score (nSPS) is 24.3. The predicted octanol–water partition coefficient (Wildman–Crippen LogP) is 0.587. The van der Waals surface area contributed by atoms with Gasteiger partial charge in [0.05, 0.1) is 17.2 Å². The van der Waals surface area contributed by atoms with Gasteiger partial charge in [-0.05, 0) is 24.4 Å². The highest BCUT2D eigenvalue weighted by molar-refractivity contribution is 7.03. The molecule has 0 saturated heterocycles. The maximum Gasteiger partial charge on any atom is 0.307 e. The second-order valence-corrected chi connectivity index (χ2v) is 4.02. The van der Waals surface area contributed by atoms with Crippen molar-refractivity contribution in [1.82, 2.24) is 9.59 Å². The number of carbonyl (C=O) groups is 2. The number of nitrogens with one attached hydrogen (secondary N) is 1. The zero-order valence-electron chi connectivity index (χ0n) is 7.71. The van der Waals surface area contributed by atoms with Gasteiger partial charge in [0.15, 0.2) is 5.82 Å². The zero-order chi connectivity index (χ0) is 10.8. The first-order chi connectivity index (χ1) is 7.18. The van der Waals surface area contributed by atoms with E-state index in [9.17, 15) is 9.59 Å². The summed E-state index contributed by atoms with van der Waals surface area (Å²) in [5.41, 5.74) is 0. The van der Waals surface area contributed by atoms with Crippen molar-refractivity contribution < 1.29 is 14.7 Å². The van der Waals surface area contributed by atoms with E-state index < -0.39 is 17.8 Å². The van der Waals surface area contributed by atoms with Gasteiger partial charge < -0.3 is 10.4 Å². The maximum atomic E-state index is 11.6. The summed E-state index contributed by atoms with van der Waals surface area (Å²) in [6, 6.07) is 0. The van der Waals surface area contributed by atoms with Crippen LogP contribution in [0.25, 0.3) is 0 Å². The first kappa shape index (κ1) is 10.0. The van der Waals surface area contributed by atoms with Gasteiger partial charge in [0.2, 0.25) is 5.91 Å². The summed E-state index contributed by atoms with van der Waals surface area (Å²) in [4.78, 5) is 22.3. The quantitative estimate of drug-likeness (QED) is 0.788. The van der Waals surface area contributed by atoms with E-state index in [1.54, 1.807) is 5.38 Å². The third-order valence-electron chi connectivity index (χ3n) is 2.54. The Kier molecular flexibility index (Phi) is 2.63. The fourth-order valence-corrected chi connectivity index (χ4v) is 1.94. The summed E-state index contributed by atoms with van der Waals surface area (Å²) in [6.07, 6.45) is 1.20. The molecule has 2 N–H and O–H groups in total. The highest BCUT2D eigenvalue weighted by Gasteiger charge is 2.41. The lowest BCUT2D eigenvalue weighted by Gasteiger charge is -2.31. The predicted molar refractivity (Wildman–Crippen MR) is 52.4 cm³/mol. The Hall–Kier alpha value is -1.50. The maximum absolute atomic E-state index is 11.6. The van der Waals surface area contributed by atoms with Gasteiger partial charge in [-0.3, -0.25) is 9.59 Å². The van der Waals surface area contributed by atoms with E-state index in [4.69, 9.17) is 5.11 Å². The Morgan fingerprint density at radius 3 is 2.67 bits per heavy atom. The number of aromatic nitrogens is 2. The minimum absolute atomic E-state index is 0.277. The van der Waals surface area contributed by atoms with E-state index >= 15 is 0 Å². The Labute approximate surface area is 89.5 Å². The van der Waals surface area contributed by atoms with Crippen LogP contribution in [0.5, 0.6) is 0 Å². The Morgan fingerprint density at radius 1 is 1.47 bits per heavy atom. The standard InChI is InChI=1S/C8H9N3O3S/c12-7(9-6-3-15-11-10-6)4-1-2-5(4)8(13)14/h3-5H,1-2H2,(H,9,12)(H,13,14). The van der Waals surface area contributed by atoms with Crippen molar-refractivity contribution in [2.24, 2.45) is 11.8 Å². The number of nitrogens with zero attached hydrogens (tertiary/aromatic N) is 2. The molecule has 1 aliphatic rings. The lowest BCUT2D eigenvalue weighted by Crippen LogP contribution is -2.41. The van der Waals surface area contributed by atoms with E-state index in [0.717, 1.165) is 11.5 Å². The van der Waals surface area contributed by atoms with Gasteiger partial charge in [-0.2, -0.15) is 0 Å². The molecule has 1 aliphatic carbocycles. The van der Waals surface area contributed by atoms with Gasteiger partial charge in [-0.25, -0.2) is 0 Å². The minimum Gasteiger partial charge on any atom is -0.481 e. The van der Waals surface area contributed by atoms with Crippen LogP contribution < -0.4 is 5.32 Å². The molecule has 0 bridgehead atoms. The van der Waals surface area contributed by atoms with Crippen LogP contribution in [0.1, 0.15) is 12.8 Å². The molecule has 1 aromatic heterocycles. The molecule has 1 heterocycles. The minimum atomic E-state index is -0.905. The average Bonchev–Trinajstić information content (AvgIpc) is 2.52. The molecule has 15 heavy (non-hydrogen) atoms. The third-order valence-corrected chi connectivity index (χ3v) is 3.04. The number of amides is 1. The monoisotopic (exact) mass is 227 g/mol. The summed E-state index contributed by atoms with van der Waals surface area (Å²) in [6.45, 7) is 0. The molecule has 2 rings (SSSR count). The van der Waals surface area contributed by atoms with Crippen LogP contribution in [0.3, 0.4) is 0 Å². The molecule has 0 spiro atoms. The number of hydrogen-bond donors (Lipinski definition) is 2. The zero-order valence-corrected chi connectivity index (χ0v) is 8.53. The largest absolute Gasteiger partial charge is 0.481 e. The van der Waals surface area contributed by atoms with Gasteiger partial charge in [-0.15, -0.1) is 5.10 Å². The third kappa shape index (κ3) is 1.96. The molecule has 2 atom stereocenters. The number of carbonyl (C=O) groups excluding carboxylic acids is 1. The fraction of sp³-hybridized carbons (Fsp3) is 0.500. The highest BCUT2D eigenvalue weighted by atomic mass is 32.1. The lowest BCUT2D eigenvalue weighted by molar-refractivity contribution is -0.151. The second kappa shape index (κ2) is 3.93. The van der Waals surface area contributed by atoms with Crippen molar-refractivity contribution in [1.29, 1.82) is 0 Å². The Bertz CT molecular complexity index is 378. The van der Waals surface area contributed by atoms with Crippen LogP contribution in [0.15, 0.2) is 5.38 Å². The van der Waals surface area contributed by atoms with Gasteiger partial charge >= 0.3 is 5.97 Å². The highest BCUT2D eigenvalue weighted by Crippen LogP contribution is 2.35. The van der Waals surface area contributed by atoms with Crippen molar-refractivity contribution in [3.63, 3.8) is 0 Å². The van der Waals surface area contributed by atoms with Crippen LogP contribution in [0.2, 0.25) is 0 Å². The van der Waals surface area contributed by atoms with Gasteiger partial charge in [0, 0.05) is 0 Å². The Balaban J connectivity index is 1.95. The summed E-state index contributed by atoms with van der Waals surface area (Å²) in [5, 5.41) is 16.6. The SMILES string of the molecule is O=C(O)C1CCC1C(=O)Nc1csnn1. The van der Waals surface area contributed by atoms with Gasteiger partial charge in [0.25, 0.3) is 0 Å². The van der Waals surface area contributed by atoms with E-state index in [-0.39, 0.29) is 5.91 Å². The van der Waals surface area contributed by atoms with Crippen molar-refractivity contribution in [3.05, 3.63) is 5.38 Å². The molecule has 80 valence electrons. The van der Waals surface area contributed by atoms with Crippen molar-refractivity contribution in [3.8, 4) is 0 Å². The molecule has 0 radical (unpaired) electrons. The molecular weight excluding hydrogens is 218 g/mol. The molecule has 1 fully saturated rings. The smallest absolute Gasteiger partial charge is 0.307 e. The van der Waals surface area contributed by atoms with Crippen LogP contribution in [-0.2, 0) is 9.59 Å². The van der Waals surface area contributed by atoms with Crippen LogP contribution in [0, 0.1) is 11.8 Å². The fourth-order valence-electron chi connectivity index (χ4n) is 1.55. The van der Waals surface area contributed by atoms with Crippen LogP contribution >= 0.6 is 11.5 Å². The topological polar surface area (TPSA) is 92.2 Å². The number of hydrogen-bond acceptors (Lipinski definition) is 5. The van der Waals surface area contributed by atoms with Gasteiger partial charge in [0.1, 0.15) is 0 Å². The van der Waals surface area contributed by atoms with E-state index in [0.29, 0.717) is 18.7 Å². The van der Waals surface area contributed by atoms with Crippen LogP contribution in [0.4, 0.5) is 5.82 Å². The lowest BCUT2D eigenvalue weighted by atomic mass is 9.73. The van der Waals surface area contributed by atoms with E-state index in [1.165, 1.54) is 0 Å². The molecule has 7 heteroatoms. The first-order valence-electron chi connectivity index (χ1n) is 4.49. The molecule has 1 saturated carbocycles. The number of aliphatic carboxylic acids is 1. The summed E-state index contributed by atoms with van der Waals surface area (Å²) < 4.78 is 3.59. The van der Waals surface area contributed by atoms with Crippen LogP contribution in [-0.4, -0.2) is 26.6 Å². The average molecular weight is 227 g/mol. The summed E-state index contributed by atoms with van der Waals surface area (Å²) >= 11 is 1.13. The number of carboxylic acids is 1. The number of anilines is 1. The first-order valence-corrected chi connectivity index (χ1v) is 5.33. The summed E-state index contributed by atoms with van der Waals surface area (Å²) in [7, 11) is 0. The second-order valence-electron chi connectivity index (χ2n) is 3.41. The van der Waals surface area contributed by atoms with E-state index in [1.807, 2.05) is 0 Å².